The monoisotopic (exact) mass is 561 g/mol. The molecule has 0 spiro atoms. The van der Waals surface area contributed by atoms with E-state index in [1.807, 2.05) is 21.8 Å². The first kappa shape index (κ1) is 28.3. The lowest BCUT2D eigenvalue weighted by Gasteiger charge is -2.38. The second-order valence-corrected chi connectivity index (χ2v) is 10.2. The van der Waals surface area contributed by atoms with Gasteiger partial charge in [0, 0.05) is 5.92 Å². The number of hydroxylamine groups is 2. The maximum Gasteiger partial charge on any atom is 0.432 e. The van der Waals surface area contributed by atoms with Crippen molar-refractivity contribution in [2.45, 2.75) is 24.4 Å². The zero-order chi connectivity index (χ0) is 28.2. The number of nitrogens with one attached hydrogen (secondary N) is 1. The molecule has 0 aliphatic heterocycles. The van der Waals surface area contributed by atoms with Crippen LogP contribution in [0.3, 0.4) is 0 Å². The number of carboxylic acids is 1. The maximum atomic E-state index is 13.5. The molecule has 2 aromatic heterocycles. The normalized spacial score (nSPS) is 20.1. The average molecular weight is 561 g/mol. The van der Waals surface area contributed by atoms with Crippen LogP contribution in [0.1, 0.15) is 24.4 Å². The van der Waals surface area contributed by atoms with Crippen molar-refractivity contribution in [2.24, 2.45) is 5.92 Å². The number of carbonyl (C=O) groups is 2. The molecule has 15 nitrogen and oxygen atoms in total. The van der Waals surface area contributed by atoms with Crippen molar-refractivity contribution < 1.29 is 38.4 Å². The van der Waals surface area contributed by atoms with Crippen LogP contribution in [0.15, 0.2) is 55.1 Å². The van der Waals surface area contributed by atoms with Crippen LogP contribution < -0.4 is 10.8 Å². The molecule has 3 unspecified atom stereocenters. The van der Waals surface area contributed by atoms with E-state index in [0.29, 0.717) is 22.8 Å². The summed E-state index contributed by atoms with van der Waals surface area (Å²) in [6, 6.07) is 7.59. The van der Waals surface area contributed by atoms with Gasteiger partial charge in [0.15, 0.2) is 17.0 Å². The van der Waals surface area contributed by atoms with Crippen molar-refractivity contribution in [3.05, 3.63) is 60.7 Å². The fourth-order valence-electron chi connectivity index (χ4n) is 4.53. The Kier molecular flexibility index (Phi) is 8.39. The summed E-state index contributed by atoms with van der Waals surface area (Å²) in [6.45, 7) is -0.208. The van der Waals surface area contributed by atoms with E-state index in [9.17, 15) is 24.2 Å². The average Bonchev–Trinajstić information content (AvgIpc) is 3.55. The summed E-state index contributed by atoms with van der Waals surface area (Å²) < 4.78 is 20.0. The highest BCUT2D eigenvalue weighted by atomic mass is 31.2. The minimum atomic E-state index is -4.77. The van der Waals surface area contributed by atoms with Crippen molar-refractivity contribution in [2.75, 3.05) is 26.6 Å². The van der Waals surface area contributed by atoms with E-state index in [0.717, 1.165) is 14.2 Å². The Morgan fingerprint density at radius 1 is 1.21 bits per heavy atom. The molecule has 208 valence electrons. The van der Waals surface area contributed by atoms with Gasteiger partial charge in [-0.05, 0) is 17.2 Å². The van der Waals surface area contributed by atoms with Gasteiger partial charge in [0.1, 0.15) is 11.8 Å². The third-order valence-corrected chi connectivity index (χ3v) is 7.26. The number of aliphatic carboxylic acids is 1. The van der Waals surface area contributed by atoms with Gasteiger partial charge in [0.25, 0.3) is 5.91 Å². The molecule has 0 bridgehead atoms. The Morgan fingerprint density at radius 2 is 1.92 bits per heavy atom. The largest absolute Gasteiger partial charge is 0.481 e. The van der Waals surface area contributed by atoms with Gasteiger partial charge in [-0.2, -0.15) is 0 Å². The zero-order valence-corrected chi connectivity index (χ0v) is 22.0. The van der Waals surface area contributed by atoms with Crippen molar-refractivity contribution in [3.8, 4) is 0 Å². The summed E-state index contributed by atoms with van der Waals surface area (Å²) in [5, 5.41) is 12.2. The molecule has 0 fully saturated rings. The van der Waals surface area contributed by atoms with E-state index in [2.05, 4.69) is 15.0 Å². The predicted molar refractivity (Wildman–Crippen MR) is 136 cm³/mol. The summed E-state index contributed by atoms with van der Waals surface area (Å²) >= 11 is 0. The topological polar surface area (TPSA) is 204 Å². The van der Waals surface area contributed by atoms with Gasteiger partial charge in [0.05, 0.1) is 39.6 Å². The van der Waals surface area contributed by atoms with Crippen molar-refractivity contribution in [1.29, 1.82) is 0 Å². The molecule has 4 atom stereocenters. The number of rotatable bonds is 12. The van der Waals surface area contributed by atoms with E-state index in [4.69, 9.17) is 19.9 Å². The molecule has 5 N–H and O–H groups in total. The molecule has 0 radical (unpaired) electrons. The Hall–Kier alpha value is -3.72. The highest BCUT2D eigenvalue weighted by Crippen LogP contribution is 2.43. The lowest BCUT2D eigenvalue weighted by Crippen LogP contribution is -2.56. The smallest absolute Gasteiger partial charge is 0.432 e. The molecule has 0 saturated heterocycles. The van der Waals surface area contributed by atoms with Crippen LogP contribution in [0.25, 0.3) is 11.2 Å². The third kappa shape index (κ3) is 5.83. The van der Waals surface area contributed by atoms with Gasteiger partial charge in [0.2, 0.25) is 0 Å². The Labute approximate surface area is 222 Å². The molecule has 39 heavy (non-hydrogen) atoms. The summed E-state index contributed by atoms with van der Waals surface area (Å²) in [6.07, 6.45) is 6.28. The van der Waals surface area contributed by atoms with Crippen LogP contribution in [0.4, 0.5) is 5.82 Å². The number of anilines is 1. The molecular weight excluding hydrogens is 533 g/mol. The fraction of sp³-hybridized carbons (Fsp3) is 0.348. The van der Waals surface area contributed by atoms with Crippen molar-refractivity contribution in [1.82, 2.24) is 29.8 Å². The molecule has 1 aromatic carbocycles. The summed E-state index contributed by atoms with van der Waals surface area (Å²) in [5.74, 6) is -2.58. The van der Waals surface area contributed by atoms with Gasteiger partial charge in [-0.3, -0.25) is 28.9 Å². The second kappa shape index (κ2) is 11.6. The van der Waals surface area contributed by atoms with Gasteiger partial charge in [-0.15, -0.1) is 0 Å². The zero-order valence-electron chi connectivity index (χ0n) is 21.1. The Morgan fingerprint density at radius 3 is 2.59 bits per heavy atom. The number of carboxylic acid groups (broad SMARTS) is 1. The number of allylic oxidation sites excluding steroid dienone is 1. The third-order valence-electron chi connectivity index (χ3n) is 6.28. The van der Waals surface area contributed by atoms with Crippen molar-refractivity contribution in [3.63, 3.8) is 0 Å². The number of nitrogen functional groups attached to an aromatic ring is 1. The number of benzene rings is 1. The highest BCUT2D eigenvalue weighted by molar-refractivity contribution is 7.51. The molecule has 1 amide bonds. The number of hydrogen-bond acceptors (Lipinski definition) is 11. The number of imidazole rings is 1. The lowest BCUT2D eigenvalue weighted by molar-refractivity contribution is -0.387. The van der Waals surface area contributed by atoms with Gasteiger partial charge < -0.3 is 20.3 Å². The molecule has 16 heteroatoms. The van der Waals surface area contributed by atoms with E-state index in [-0.39, 0.29) is 29.9 Å². The summed E-state index contributed by atoms with van der Waals surface area (Å²) in [7, 11) is -2.44. The molecule has 1 aliphatic carbocycles. The lowest BCUT2D eigenvalue weighted by atomic mass is 9.86. The summed E-state index contributed by atoms with van der Waals surface area (Å²) in [5.41, 5.74) is 4.85. The van der Waals surface area contributed by atoms with Gasteiger partial charge in [-0.1, -0.05) is 42.5 Å². The molecule has 0 saturated carbocycles. The van der Waals surface area contributed by atoms with E-state index in [1.54, 1.807) is 24.5 Å². The molecular formula is C23H28N7O8P. The van der Waals surface area contributed by atoms with Crippen LogP contribution in [0.5, 0.6) is 0 Å². The number of nitrogens with two attached hydrogens (primary N) is 1. The van der Waals surface area contributed by atoms with Crippen LogP contribution >= 0.6 is 7.75 Å². The van der Waals surface area contributed by atoms with E-state index in [1.165, 1.54) is 18.5 Å². The van der Waals surface area contributed by atoms with Crippen LogP contribution in [0.2, 0.25) is 0 Å². The Bertz CT molecular complexity index is 1410. The molecule has 4 rings (SSSR count). The van der Waals surface area contributed by atoms with Gasteiger partial charge in [-0.25, -0.2) is 19.5 Å². The maximum absolute atomic E-state index is 13.5. The fourth-order valence-corrected chi connectivity index (χ4v) is 5.43. The first-order valence-electron chi connectivity index (χ1n) is 11.7. The van der Waals surface area contributed by atoms with Gasteiger partial charge >= 0.3 is 13.7 Å². The highest BCUT2D eigenvalue weighted by Gasteiger charge is 2.51. The van der Waals surface area contributed by atoms with E-state index >= 15 is 0 Å². The SMILES string of the molecule is CON(OC)[C@@](CC(=O)O)(C(=O)NP(=O)(O)OCC1C=CC(n2cnc3c(N)ncnc32)C1)c1ccccc1. The standard InChI is InChI=1S/C23H28N7O8P/c1-36-30(37-2)23(11-18(31)32,16-6-4-3-5-7-16)22(33)28-39(34,35)38-12-15-8-9-17(10-15)29-14-27-19-20(24)25-13-26-21(19)29/h3-9,13-15,17H,10-12H2,1-2H3,(H,31,32)(H2,24,25,26)(H2,28,33,34,35)/t15?,17?,23-/m1/s1. The first-order valence-corrected chi connectivity index (χ1v) is 13.3. The predicted octanol–water partition coefficient (Wildman–Crippen LogP) is 1.55. The molecule has 2 heterocycles. The number of aromatic nitrogens is 4. The second-order valence-electron chi connectivity index (χ2n) is 8.71. The minimum absolute atomic E-state index is 0.146. The van der Waals surface area contributed by atoms with Crippen LogP contribution in [0, 0.1) is 5.92 Å². The molecule has 3 aromatic rings. The minimum Gasteiger partial charge on any atom is -0.481 e. The number of fused-ring (bicyclic) bond motifs is 1. The summed E-state index contributed by atoms with van der Waals surface area (Å²) in [4.78, 5) is 58.5. The number of nitrogens with zero attached hydrogens (tertiary/aromatic N) is 5. The van der Waals surface area contributed by atoms with Crippen LogP contribution in [-0.2, 0) is 33.9 Å². The van der Waals surface area contributed by atoms with Crippen molar-refractivity contribution >= 4 is 36.6 Å². The number of carbonyl (C=O) groups excluding carboxylic acids is 1. The van der Waals surface area contributed by atoms with E-state index < -0.39 is 31.6 Å². The quantitative estimate of drug-likeness (QED) is 0.141. The number of amides is 1. The molecule has 1 aliphatic rings. The number of hydrogen-bond donors (Lipinski definition) is 4. The first-order chi connectivity index (χ1) is 18.6. The Balaban J connectivity index is 1.48. The van der Waals surface area contributed by atoms with Crippen LogP contribution in [-0.4, -0.2) is 67.4 Å².